The summed E-state index contributed by atoms with van der Waals surface area (Å²) in [5.74, 6) is -1.45. The molecule has 1 aromatic rings. The van der Waals surface area contributed by atoms with Gasteiger partial charge in [-0.2, -0.15) is 4.72 Å². The molecule has 1 heterocycles. The monoisotopic (exact) mass is 377 g/mol. The third-order valence-electron chi connectivity index (χ3n) is 3.24. The maximum absolute atomic E-state index is 12.1. The lowest BCUT2D eigenvalue weighted by atomic mass is 10.1. The summed E-state index contributed by atoms with van der Waals surface area (Å²) in [6, 6.07) is 5.33. The Labute approximate surface area is 131 Å². The average molecular weight is 378 g/mol. The van der Waals surface area contributed by atoms with E-state index in [0.717, 1.165) is 0 Å². The van der Waals surface area contributed by atoms with Gasteiger partial charge in [0.1, 0.15) is 6.04 Å². The highest BCUT2D eigenvalue weighted by Crippen LogP contribution is 2.24. The predicted octanol–water partition coefficient (Wildman–Crippen LogP) is 1.53. The Kier molecular flexibility index (Phi) is 5.37. The van der Waals surface area contributed by atoms with Crippen LogP contribution in [0.4, 0.5) is 0 Å². The van der Waals surface area contributed by atoms with Crippen LogP contribution in [0.1, 0.15) is 18.0 Å². The van der Waals surface area contributed by atoms with Crippen LogP contribution in [-0.4, -0.2) is 38.5 Å². The molecular weight excluding hydrogens is 362 g/mol. The maximum Gasteiger partial charge on any atom is 0.326 e. The smallest absolute Gasteiger partial charge is 0.326 e. The molecule has 2 atom stereocenters. The number of hydrogen-bond donors (Lipinski definition) is 2. The van der Waals surface area contributed by atoms with E-state index in [2.05, 4.69) is 20.7 Å². The van der Waals surface area contributed by atoms with Gasteiger partial charge in [0.2, 0.25) is 10.0 Å². The number of sulfonamides is 1. The van der Waals surface area contributed by atoms with E-state index in [1.165, 1.54) is 0 Å². The molecule has 8 heteroatoms. The highest BCUT2D eigenvalue weighted by atomic mass is 79.9. The van der Waals surface area contributed by atoms with Crippen molar-refractivity contribution in [1.82, 2.24) is 4.72 Å². The van der Waals surface area contributed by atoms with Crippen LogP contribution in [0.25, 0.3) is 0 Å². The van der Waals surface area contributed by atoms with Crippen LogP contribution in [0.2, 0.25) is 0 Å². The van der Waals surface area contributed by atoms with Crippen LogP contribution in [0.15, 0.2) is 28.7 Å². The predicted molar refractivity (Wildman–Crippen MR) is 80.4 cm³/mol. The van der Waals surface area contributed by atoms with Gasteiger partial charge in [0.15, 0.2) is 0 Å². The molecule has 21 heavy (non-hydrogen) atoms. The van der Waals surface area contributed by atoms with Crippen molar-refractivity contribution in [3.8, 4) is 0 Å². The molecule has 0 amide bonds. The van der Waals surface area contributed by atoms with Gasteiger partial charge in [0, 0.05) is 11.1 Å². The summed E-state index contributed by atoms with van der Waals surface area (Å²) in [7, 11) is -3.71. The molecule has 1 saturated heterocycles. The molecule has 0 radical (unpaired) electrons. The molecule has 2 rings (SSSR count). The van der Waals surface area contributed by atoms with Crippen molar-refractivity contribution in [3.63, 3.8) is 0 Å². The van der Waals surface area contributed by atoms with Crippen LogP contribution in [0, 0.1) is 5.92 Å². The fraction of sp³-hybridized carbons (Fsp3) is 0.462. The number of rotatable bonds is 6. The maximum atomic E-state index is 12.1. The van der Waals surface area contributed by atoms with Crippen LogP contribution in [0.5, 0.6) is 0 Å². The fourth-order valence-electron chi connectivity index (χ4n) is 2.21. The largest absolute Gasteiger partial charge is 0.480 e. The summed E-state index contributed by atoms with van der Waals surface area (Å²) >= 11 is 3.24. The second kappa shape index (κ2) is 6.87. The van der Waals surface area contributed by atoms with Crippen LogP contribution in [-0.2, 0) is 19.6 Å². The Morgan fingerprint density at radius 1 is 1.48 bits per heavy atom. The first kappa shape index (κ1) is 16.4. The number of nitrogens with one attached hydrogen (secondary N) is 1. The molecule has 0 aliphatic carbocycles. The van der Waals surface area contributed by atoms with Crippen molar-refractivity contribution in [2.75, 3.05) is 19.0 Å². The van der Waals surface area contributed by atoms with Crippen molar-refractivity contribution in [1.29, 1.82) is 0 Å². The molecule has 2 unspecified atom stereocenters. The van der Waals surface area contributed by atoms with E-state index in [0.29, 0.717) is 29.7 Å². The number of carboxylic acids is 1. The zero-order chi connectivity index (χ0) is 15.5. The quantitative estimate of drug-likeness (QED) is 0.783. The zero-order valence-corrected chi connectivity index (χ0v) is 13.6. The van der Waals surface area contributed by atoms with E-state index in [-0.39, 0.29) is 11.7 Å². The summed E-state index contributed by atoms with van der Waals surface area (Å²) in [4.78, 5) is 11.4. The SMILES string of the molecule is O=C(O)C(NS(=O)(=O)CC1CCOC1)c1ccccc1Br. The molecule has 116 valence electrons. The number of hydrogen-bond acceptors (Lipinski definition) is 4. The van der Waals surface area contributed by atoms with Gasteiger partial charge < -0.3 is 9.84 Å². The first-order valence-corrected chi connectivity index (χ1v) is 8.88. The van der Waals surface area contributed by atoms with Gasteiger partial charge in [-0.05, 0) is 24.0 Å². The second-order valence-electron chi connectivity index (χ2n) is 4.92. The molecule has 0 aromatic heterocycles. The Bertz CT molecular complexity index is 613. The summed E-state index contributed by atoms with van der Waals surface area (Å²) in [6.07, 6.45) is 0.674. The molecule has 1 aliphatic heterocycles. The molecule has 1 aliphatic rings. The van der Waals surface area contributed by atoms with E-state index >= 15 is 0 Å². The third kappa shape index (κ3) is 4.50. The molecule has 1 aromatic carbocycles. The fourth-order valence-corrected chi connectivity index (χ4v) is 4.29. The van der Waals surface area contributed by atoms with E-state index in [4.69, 9.17) is 4.74 Å². The Morgan fingerprint density at radius 3 is 2.76 bits per heavy atom. The normalized spacial score (nSPS) is 20.3. The minimum Gasteiger partial charge on any atom is -0.480 e. The van der Waals surface area contributed by atoms with Gasteiger partial charge in [0.05, 0.1) is 12.4 Å². The summed E-state index contributed by atoms with van der Waals surface area (Å²) in [5.41, 5.74) is 0.372. The highest BCUT2D eigenvalue weighted by molar-refractivity contribution is 9.10. The summed E-state index contributed by atoms with van der Waals surface area (Å²) in [6.45, 7) is 0.945. The number of carboxylic acid groups (broad SMARTS) is 1. The topological polar surface area (TPSA) is 92.7 Å². The van der Waals surface area contributed by atoms with Gasteiger partial charge in [-0.1, -0.05) is 34.1 Å². The second-order valence-corrected chi connectivity index (χ2v) is 7.57. The zero-order valence-electron chi connectivity index (χ0n) is 11.2. The standard InChI is InChI=1S/C13H16BrNO5S/c14-11-4-2-1-3-10(11)12(13(16)17)15-21(18,19)8-9-5-6-20-7-9/h1-4,9,12,15H,5-8H2,(H,16,17). The molecule has 2 N–H and O–H groups in total. The van der Waals surface area contributed by atoms with Crippen molar-refractivity contribution in [2.45, 2.75) is 12.5 Å². The van der Waals surface area contributed by atoms with Gasteiger partial charge in [-0.3, -0.25) is 4.79 Å². The number of benzene rings is 1. The van der Waals surface area contributed by atoms with Crippen LogP contribution in [0.3, 0.4) is 0 Å². The lowest BCUT2D eigenvalue weighted by Gasteiger charge is -2.17. The van der Waals surface area contributed by atoms with Crippen LogP contribution >= 0.6 is 15.9 Å². The first-order chi connectivity index (χ1) is 9.89. The number of ether oxygens (including phenoxy) is 1. The average Bonchev–Trinajstić information content (AvgIpc) is 2.89. The van der Waals surface area contributed by atoms with E-state index in [1.54, 1.807) is 24.3 Å². The molecule has 6 nitrogen and oxygen atoms in total. The van der Waals surface area contributed by atoms with Gasteiger partial charge in [0.25, 0.3) is 0 Å². The third-order valence-corrected chi connectivity index (χ3v) is 5.47. The summed E-state index contributed by atoms with van der Waals surface area (Å²) in [5, 5.41) is 9.30. The van der Waals surface area contributed by atoms with Gasteiger partial charge in [-0.25, -0.2) is 8.42 Å². The number of aliphatic carboxylic acids is 1. The minimum atomic E-state index is -3.71. The Hall–Kier alpha value is -0.960. The molecule has 0 spiro atoms. The lowest BCUT2D eigenvalue weighted by molar-refractivity contribution is -0.139. The van der Waals surface area contributed by atoms with E-state index < -0.39 is 22.0 Å². The van der Waals surface area contributed by atoms with E-state index in [1.807, 2.05) is 0 Å². The van der Waals surface area contributed by atoms with Crippen LogP contribution < -0.4 is 4.72 Å². The van der Waals surface area contributed by atoms with Crippen molar-refractivity contribution in [2.24, 2.45) is 5.92 Å². The van der Waals surface area contributed by atoms with Crippen molar-refractivity contribution >= 4 is 31.9 Å². The van der Waals surface area contributed by atoms with Crippen molar-refractivity contribution in [3.05, 3.63) is 34.3 Å². The Morgan fingerprint density at radius 2 is 2.19 bits per heavy atom. The Balaban J connectivity index is 2.16. The lowest BCUT2D eigenvalue weighted by Crippen LogP contribution is -2.37. The number of carbonyl (C=O) groups is 1. The molecule has 0 saturated carbocycles. The molecule has 1 fully saturated rings. The highest BCUT2D eigenvalue weighted by Gasteiger charge is 2.30. The molecule has 0 bridgehead atoms. The number of halogens is 1. The minimum absolute atomic E-state index is 0.0869. The van der Waals surface area contributed by atoms with Gasteiger partial charge >= 0.3 is 5.97 Å². The van der Waals surface area contributed by atoms with Gasteiger partial charge in [-0.15, -0.1) is 0 Å². The van der Waals surface area contributed by atoms with Crippen molar-refractivity contribution < 1.29 is 23.1 Å². The first-order valence-electron chi connectivity index (χ1n) is 6.44. The summed E-state index contributed by atoms with van der Waals surface area (Å²) < 4.78 is 32.2. The molecular formula is C13H16BrNO5S. The van der Waals surface area contributed by atoms with E-state index in [9.17, 15) is 18.3 Å².